The van der Waals surface area contributed by atoms with Crippen LogP contribution in [0.3, 0.4) is 0 Å². The Kier molecular flexibility index (Phi) is 6.14. The molecule has 0 saturated heterocycles. The van der Waals surface area contributed by atoms with Crippen LogP contribution < -0.4 is 0 Å². The number of hydrogen-bond acceptors (Lipinski definition) is 2. The standard InChI is InChI=1S/C27H45NO2/c1-18(2)9-8-10-19(3)21-12-13-22-20-17-25(28(29)30)24-11-6-7-15-26(24,4)23(20)14-16-27(21,22)5/h11,18-23,25H,6-10,12-17H2,1-5H3. The lowest BCUT2D eigenvalue weighted by Gasteiger charge is -2.58. The molecule has 0 bridgehead atoms. The highest BCUT2D eigenvalue weighted by Crippen LogP contribution is 2.68. The van der Waals surface area contributed by atoms with Crippen molar-refractivity contribution >= 4 is 0 Å². The summed E-state index contributed by atoms with van der Waals surface area (Å²) in [7, 11) is 0. The first-order chi connectivity index (χ1) is 14.2. The minimum absolute atomic E-state index is 0.0680. The summed E-state index contributed by atoms with van der Waals surface area (Å²) in [5.41, 5.74) is 1.70. The van der Waals surface area contributed by atoms with Gasteiger partial charge in [-0.15, -0.1) is 0 Å². The van der Waals surface area contributed by atoms with Crippen molar-refractivity contribution in [2.24, 2.45) is 46.3 Å². The zero-order valence-corrected chi connectivity index (χ0v) is 20.2. The second-order valence-electron chi connectivity index (χ2n) is 12.4. The molecule has 0 heterocycles. The summed E-state index contributed by atoms with van der Waals surface area (Å²) in [5.74, 6) is 4.36. The van der Waals surface area contributed by atoms with Gasteiger partial charge in [0.25, 0.3) is 0 Å². The van der Waals surface area contributed by atoms with Crippen LogP contribution in [0, 0.1) is 56.5 Å². The quantitative estimate of drug-likeness (QED) is 0.254. The molecule has 0 radical (unpaired) electrons. The predicted octanol–water partition coefficient (Wildman–Crippen LogP) is 7.67. The van der Waals surface area contributed by atoms with E-state index in [1.54, 1.807) is 0 Å². The van der Waals surface area contributed by atoms with Crippen LogP contribution in [0.2, 0.25) is 0 Å². The summed E-state index contributed by atoms with van der Waals surface area (Å²) in [6.07, 6.45) is 15.9. The first-order valence-corrected chi connectivity index (χ1v) is 13.0. The SMILES string of the molecule is CC(C)CCCC(C)C1CCC2C3CC([N+](=O)[O-])C4=CCCCC4(C)C3CCC12C. The first kappa shape index (κ1) is 22.3. The first-order valence-electron chi connectivity index (χ1n) is 13.0. The molecule has 0 aliphatic heterocycles. The fourth-order valence-corrected chi connectivity index (χ4v) is 9.04. The predicted molar refractivity (Wildman–Crippen MR) is 124 cm³/mol. The van der Waals surface area contributed by atoms with Crippen molar-refractivity contribution in [2.45, 2.75) is 111 Å². The Bertz CT molecular complexity index is 684. The highest BCUT2D eigenvalue weighted by Gasteiger charge is 2.62. The number of fused-ring (bicyclic) bond motifs is 5. The van der Waals surface area contributed by atoms with Crippen LogP contribution in [0.1, 0.15) is 105 Å². The molecule has 0 aromatic carbocycles. The maximum atomic E-state index is 12.1. The molecular weight excluding hydrogens is 370 g/mol. The zero-order chi connectivity index (χ0) is 21.7. The van der Waals surface area contributed by atoms with E-state index in [0.29, 0.717) is 23.2 Å². The van der Waals surface area contributed by atoms with Crippen molar-refractivity contribution in [1.82, 2.24) is 0 Å². The molecule has 4 aliphatic carbocycles. The van der Waals surface area contributed by atoms with Crippen LogP contribution in [0.25, 0.3) is 0 Å². The molecular formula is C27H45NO2. The second kappa shape index (κ2) is 8.24. The highest BCUT2D eigenvalue weighted by molar-refractivity contribution is 5.27. The maximum Gasteiger partial charge on any atom is 0.234 e. The summed E-state index contributed by atoms with van der Waals surface area (Å²) in [6.45, 7) is 12.2. The fourth-order valence-electron chi connectivity index (χ4n) is 9.04. The number of allylic oxidation sites excluding steroid dienone is 1. The molecule has 0 amide bonds. The lowest BCUT2D eigenvalue weighted by molar-refractivity contribution is -0.521. The van der Waals surface area contributed by atoms with Crippen molar-refractivity contribution in [2.75, 3.05) is 0 Å². The zero-order valence-electron chi connectivity index (χ0n) is 20.2. The molecule has 8 atom stereocenters. The summed E-state index contributed by atoms with van der Waals surface area (Å²) in [4.78, 5) is 12.2. The third kappa shape index (κ3) is 3.56. The summed E-state index contributed by atoms with van der Waals surface area (Å²) in [6, 6.07) is -0.415. The van der Waals surface area contributed by atoms with Gasteiger partial charge in [-0.05, 0) is 91.3 Å². The van der Waals surface area contributed by atoms with Gasteiger partial charge in [0.1, 0.15) is 0 Å². The van der Waals surface area contributed by atoms with E-state index in [2.05, 4.69) is 40.7 Å². The number of nitrogens with zero attached hydrogens (tertiary/aromatic N) is 1. The maximum absolute atomic E-state index is 12.1. The van der Waals surface area contributed by atoms with Gasteiger partial charge < -0.3 is 0 Å². The molecule has 4 rings (SSSR count). The molecule has 8 unspecified atom stereocenters. The average Bonchev–Trinajstić information content (AvgIpc) is 3.03. The summed E-state index contributed by atoms with van der Waals surface area (Å²) < 4.78 is 0. The van der Waals surface area contributed by atoms with Gasteiger partial charge in [-0.3, -0.25) is 10.1 Å². The third-order valence-electron chi connectivity index (χ3n) is 10.5. The van der Waals surface area contributed by atoms with Gasteiger partial charge in [-0.25, -0.2) is 0 Å². The van der Waals surface area contributed by atoms with E-state index in [1.807, 2.05) is 0 Å². The van der Waals surface area contributed by atoms with Gasteiger partial charge in [-0.1, -0.05) is 60.0 Å². The van der Waals surface area contributed by atoms with Gasteiger partial charge >= 0.3 is 0 Å². The lowest BCUT2D eigenvalue weighted by Crippen LogP contribution is -2.55. The van der Waals surface area contributed by atoms with Crippen molar-refractivity contribution in [3.63, 3.8) is 0 Å². The number of rotatable bonds is 6. The Hall–Kier alpha value is -0.860. The molecule has 30 heavy (non-hydrogen) atoms. The van der Waals surface area contributed by atoms with Crippen LogP contribution in [0.5, 0.6) is 0 Å². The summed E-state index contributed by atoms with van der Waals surface area (Å²) in [5, 5.41) is 12.1. The van der Waals surface area contributed by atoms with Crippen molar-refractivity contribution in [3.05, 3.63) is 21.8 Å². The topological polar surface area (TPSA) is 43.1 Å². The van der Waals surface area contributed by atoms with Crippen LogP contribution >= 0.6 is 0 Å². The molecule has 3 heteroatoms. The number of nitro groups is 1. The van der Waals surface area contributed by atoms with E-state index in [-0.39, 0.29) is 10.3 Å². The van der Waals surface area contributed by atoms with Gasteiger partial charge in [0.15, 0.2) is 0 Å². The molecule has 0 N–H and O–H groups in total. The minimum atomic E-state index is -0.415. The molecule has 3 fully saturated rings. The van der Waals surface area contributed by atoms with E-state index in [9.17, 15) is 10.1 Å². The Labute approximate surface area is 184 Å². The molecule has 3 nitrogen and oxygen atoms in total. The molecule has 0 aromatic rings. The van der Waals surface area contributed by atoms with Gasteiger partial charge in [0.2, 0.25) is 6.04 Å². The Morgan fingerprint density at radius 3 is 2.57 bits per heavy atom. The highest BCUT2D eigenvalue weighted by atomic mass is 16.6. The monoisotopic (exact) mass is 415 g/mol. The van der Waals surface area contributed by atoms with Crippen LogP contribution in [-0.4, -0.2) is 11.0 Å². The Morgan fingerprint density at radius 2 is 1.87 bits per heavy atom. The third-order valence-corrected chi connectivity index (χ3v) is 10.5. The van der Waals surface area contributed by atoms with E-state index in [0.717, 1.165) is 30.6 Å². The van der Waals surface area contributed by atoms with E-state index in [4.69, 9.17) is 0 Å². The fraction of sp³-hybridized carbons (Fsp3) is 0.926. The normalized spacial score (nSPS) is 44.1. The lowest BCUT2D eigenvalue weighted by atomic mass is 9.45. The van der Waals surface area contributed by atoms with E-state index >= 15 is 0 Å². The minimum Gasteiger partial charge on any atom is -0.264 e. The van der Waals surface area contributed by atoms with Gasteiger partial charge in [0.05, 0.1) is 0 Å². The van der Waals surface area contributed by atoms with Crippen LogP contribution in [0.15, 0.2) is 11.6 Å². The average molecular weight is 416 g/mol. The van der Waals surface area contributed by atoms with Crippen molar-refractivity contribution in [1.29, 1.82) is 0 Å². The van der Waals surface area contributed by atoms with Crippen LogP contribution in [-0.2, 0) is 0 Å². The summed E-state index contributed by atoms with van der Waals surface area (Å²) >= 11 is 0. The van der Waals surface area contributed by atoms with Crippen molar-refractivity contribution < 1.29 is 4.92 Å². The molecule has 0 aromatic heterocycles. The smallest absolute Gasteiger partial charge is 0.234 e. The Morgan fingerprint density at radius 1 is 1.10 bits per heavy atom. The molecule has 3 saturated carbocycles. The number of hydrogen-bond donors (Lipinski definition) is 0. The van der Waals surface area contributed by atoms with Gasteiger partial charge in [0, 0.05) is 16.9 Å². The second-order valence-corrected chi connectivity index (χ2v) is 12.4. The van der Waals surface area contributed by atoms with E-state index in [1.165, 1.54) is 63.4 Å². The largest absolute Gasteiger partial charge is 0.264 e. The molecule has 4 aliphatic rings. The Balaban J connectivity index is 1.56. The molecule has 0 spiro atoms. The van der Waals surface area contributed by atoms with Gasteiger partial charge in [-0.2, -0.15) is 0 Å². The molecule has 170 valence electrons. The van der Waals surface area contributed by atoms with E-state index < -0.39 is 6.04 Å². The van der Waals surface area contributed by atoms with Crippen molar-refractivity contribution in [3.8, 4) is 0 Å². The van der Waals surface area contributed by atoms with Crippen LogP contribution in [0.4, 0.5) is 0 Å².